The first-order valence-electron chi connectivity index (χ1n) is 5.58. The molecule has 0 bridgehead atoms. The number of carbonyl (C=O) groups is 2. The topological polar surface area (TPSA) is 107 Å². The molecule has 6 nitrogen and oxygen atoms in total. The second-order valence-corrected chi connectivity index (χ2v) is 5.25. The van der Waals surface area contributed by atoms with E-state index in [1.165, 1.54) is 20.0 Å². The molecule has 1 amide bonds. The van der Waals surface area contributed by atoms with Gasteiger partial charge in [-0.3, -0.25) is 4.79 Å². The third kappa shape index (κ3) is 2.40. The second kappa shape index (κ2) is 4.85. The van der Waals surface area contributed by atoms with E-state index in [1.807, 2.05) is 0 Å². The minimum absolute atomic E-state index is 0.0950. The van der Waals surface area contributed by atoms with Crippen LogP contribution in [0.5, 0.6) is 0 Å². The largest absolute Gasteiger partial charge is 0.465 e. The van der Waals surface area contributed by atoms with Crippen molar-refractivity contribution >= 4 is 33.9 Å². The van der Waals surface area contributed by atoms with Gasteiger partial charge in [-0.15, -0.1) is 11.3 Å². The van der Waals surface area contributed by atoms with Crippen LogP contribution in [0.2, 0.25) is 0 Å². The number of ether oxygens (including phenoxy) is 1. The predicted molar refractivity (Wildman–Crippen MR) is 69.8 cm³/mol. The maximum absolute atomic E-state index is 11.5. The smallest absolute Gasteiger partial charge is 0.350 e. The molecule has 18 heavy (non-hydrogen) atoms. The van der Waals surface area contributed by atoms with E-state index in [0.29, 0.717) is 10.9 Å². The van der Waals surface area contributed by atoms with Crippen molar-refractivity contribution in [2.24, 2.45) is 11.7 Å². The van der Waals surface area contributed by atoms with E-state index in [-0.39, 0.29) is 16.1 Å². The monoisotopic (exact) mass is 269 g/mol. The highest BCUT2D eigenvalue weighted by atomic mass is 32.1. The molecular formula is C11H15N3O3S. The van der Waals surface area contributed by atoms with Crippen LogP contribution in [0.4, 0.5) is 10.7 Å². The zero-order valence-electron chi connectivity index (χ0n) is 9.99. The first-order valence-corrected chi connectivity index (χ1v) is 6.40. The minimum Gasteiger partial charge on any atom is -0.465 e. The summed E-state index contributed by atoms with van der Waals surface area (Å²) in [5, 5.41) is 3.68. The number of thiophene rings is 1. The Balaban J connectivity index is 2.30. The molecule has 5 N–H and O–H groups in total. The van der Waals surface area contributed by atoms with Gasteiger partial charge in [0.15, 0.2) is 0 Å². The van der Waals surface area contributed by atoms with E-state index in [4.69, 9.17) is 11.5 Å². The van der Waals surface area contributed by atoms with E-state index in [1.54, 1.807) is 0 Å². The van der Waals surface area contributed by atoms with Crippen LogP contribution in [-0.4, -0.2) is 25.5 Å². The normalized spacial score (nSPS) is 14.3. The van der Waals surface area contributed by atoms with Crippen molar-refractivity contribution in [3.63, 3.8) is 0 Å². The molecule has 0 spiro atoms. The average Bonchev–Trinajstić information content (AvgIpc) is 3.09. The fraction of sp³-hybridized carbons (Fsp3) is 0.455. The van der Waals surface area contributed by atoms with Crippen LogP contribution in [0.25, 0.3) is 0 Å². The highest BCUT2D eigenvalue weighted by molar-refractivity contribution is 7.19. The molecule has 1 aromatic rings. The van der Waals surface area contributed by atoms with Crippen LogP contribution in [0, 0.1) is 5.92 Å². The molecule has 1 aliphatic carbocycles. The van der Waals surface area contributed by atoms with Crippen molar-refractivity contribution in [2.45, 2.75) is 12.8 Å². The third-order valence-corrected chi connectivity index (χ3v) is 3.95. The molecule has 0 aromatic carbocycles. The summed E-state index contributed by atoms with van der Waals surface area (Å²) in [6.45, 7) is 0.765. The van der Waals surface area contributed by atoms with E-state index in [2.05, 4.69) is 10.1 Å². The van der Waals surface area contributed by atoms with Crippen LogP contribution >= 0.6 is 11.3 Å². The van der Waals surface area contributed by atoms with Crippen molar-refractivity contribution < 1.29 is 14.3 Å². The number of primary amides is 1. The molecule has 0 unspecified atom stereocenters. The van der Waals surface area contributed by atoms with Crippen LogP contribution in [0.1, 0.15) is 32.9 Å². The Labute approximate surface area is 108 Å². The van der Waals surface area contributed by atoms with Gasteiger partial charge in [-0.1, -0.05) is 0 Å². The van der Waals surface area contributed by atoms with Gasteiger partial charge in [-0.05, 0) is 18.8 Å². The summed E-state index contributed by atoms with van der Waals surface area (Å²) in [7, 11) is 1.27. The number of nitrogens with two attached hydrogens (primary N) is 2. The molecule has 0 saturated heterocycles. The van der Waals surface area contributed by atoms with Crippen LogP contribution in [0.3, 0.4) is 0 Å². The van der Waals surface area contributed by atoms with Crippen molar-refractivity contribution in [1.29, 1.82) is 0 Å². The Morgan fingerprint density at radius 1 is 1.50 bits per heavy atom. The zero-order valence-corrected chi connectivity index (χ0v) is 10.8. The number of hydrogen-bond donors (Lipinski definition) is 3. The number of carbonyl (C=O) groups excluding carboxylic acids is 2. The number of nitrogen functional groups attached to an aromatic ring is 1. The molecule has 0 aliphatic heterocycles. The highest BCUT2D eigenvalue weighted by Crippen LogP contribution is 2.37. The Morgan fingerprint density at radius 3 is 2.67 bits per heavy atom. The summed E-state index contributed by atoms with van der Waals surface area (Å²) < 4.78 is 4.61. The summed E-state index contributed by atoms with van der Waals surface area (Å²) in [5.74, 6) is -0.563. The van der Waals surface area contributed by atoms with Gasteiger partial charge >= 0.3 is 5.97 Å². The van der Waals surface area contributed by atoms with Crippen molar-refractivity contribution in [1.82, 2.24) is 0 Å². The van der Waals surface area contributed by atoms with Crippen LogP contribution in [-0.2, 0) is 4.74 Å². The zero-order chi connectivity index (χ0) is 13.3. The minimum atomic E-state index is -0.641. The summed E-state index contributed by atoms with van der Waals surface area (Å²) in [5.41, 5.74) is 11.3. The van der Waals surface area contributed by atoms with E-state index in [9.17, 15) is 9.59 Å². The maximum Gasteiger partial charge on any atom is 0.350 e. The average molecular weight is 269 g/mol. The summed E-state index contributed by atoms with van der Waals surface area (Å²) in [6.07, 6.45) is 2.37. The van der Waals surface area contributed by atoms with Gasteiger partial charge in [0.2, 0.25) is 0 Å². The van der Waals surface area contributed by atoms with Crippen molar-refractivity contribution in [3.05, 3.63) is 10.4 Å². The van der Waals surface area contributed by atoms with Gasteiger partial charge in [-0.2, -0.15) is 0 Å². The number of nitrogens with one attached hydrogen (secondary N) is 1. The molecule has 0 atom stereocenters. The molecule has 1 heterocycles. The molecule has 98 valence electrons. The molecule has 7 heteroatoms. The highest BCUT2D eigenvalue weighted by Gasteiger charge is 2.26. The van der Waals surface area contributed by atoms with E-state index < -0.39 is 11.9 Å². The Hall–Kier alpha value is -1.76. The fourth-order valence-electron chi connectivity index (χ4n) is 1.62. The van der Waals surface area contributed by atoms with Crippen LogP contribution in [0.15, 0.2) is 0 Å². The Bertz CT molecular complexity index is 494. The lowest BCUT2D eigenvalue weighted by molar-refractivity contribution is 0.0607. The lowest BCUT2D eigenvalue weighted by Gasteiger charge is -2.04. The van der Waals surface area contributed by atoms with Gasteiger partial charge in [0.25, 0.3) is 5.91 Å². The quantitative estimate of drug-likeness (QED) is 0.692. The summed E-state index contributed by atoms with van der Waals surface area (Å²) >= 11 is 1.11. The van der Waals surface area contributed by atoms with Gasteiger partial charge < -0.3 is 21.5 Å². The summed E-state index contributed by atoms with van der Waals surface area (Å²) in [4.78, 5) is 23.1. The Kier molecular flexibility index (Phi) is 3.42. The Morgan fingerprint density at radius 2 is 2.17 bits per heavy atom. The van der Waals surface area contributed by atoms with Gasteiger partial charge in [0, 0.05) is 6.54 Å². The molecule has 1 fully saturated rings. The molecule has 1 aliphatic rings. The number of esters is 1. The molecule has 0 radical (unpaired) electrons. The van der Waals surface area contributed by atoms with Crippen LogP contribution < -0.4 is 16.8 Å². The first kappa shape index (κ1) is 12.7. The lowest BCUT2D eigenvalue weighted by atomic mass is 10.2. The van der Waals surface area contributed by atoms with Crippen molar-refractivity contribution in [3.8, 4) is 0 Å². The fourth-order valence-corrected chi connectivity index (χ4v) is 2.67. The van der Waals surface area contributed by atoms with Gasteiger partial charge in [0.05, 0.1) is 18.4 Å². The molecule has 1 aromatic heterocycles. The number of hydrogen-bond acceptors (Lipinski definition) is 6. The number of methoxy groups -OCH3 is 1. The second-order valence-electron chi connectivity index (χ2n) is 4.23. The number of amides is 1. The molecular weight excluding hydrogens is 254 g/mol. The lowest BCUT2D eigenvalue weighted by Crippen LogP contribution is -2.15. The summed E-state index contributed by atoms with van der Waals surface area (Å²) in [6, 6.07) is 0. The molecule has 2 rings (SSSR count). The molecule has 1 saturated carbocycles. The number of anilines is 2. The van der Waals surface area contributed by atoms with Gasteiger partial charge in [0.1, 0.15) is 9.88 Å². The third-order valence-electron chi connectivity index (χ3n) is 2.81. The standard InChI is InChI=1S/C11H15N3O3S/c1-17-11(16)8-7(12)6(9(13)15)10(18-8)14-4-5-2-3-5/h5,14H,2-4,12H2,1H3,(H2,13,15). The van der Waals surface area contributed by atoms with E-state index >= 15 is 0 Å². The predicted octanol–water partition coefficient (Wildman–Crippen LogP) is 1.04. The maximum atomic E-state index is 11.5. The van der Waals surface area contributed by atoms with E-state index in [0.717, 1.165) is 17.9 Å². The SMILES string of the molecule is COC(=O)c1sc(NCC2CC2)c(C(N)=O)c1N. The number of rotatable bonds is 5. The first-order chi connectivity index (χ1) is 8.54. The van der Waals surface area contributed by atoms with Crippen molar-refractivity contribution in [2.75, 3.05) is 24.7 Å². The van der Waals surface area contributed by atoms with Gasteiger partial charge in [-0.25, -0.2) is 4.79 Å².